The highest BCUT2D eigenvalue weighted by Gasteiger charge is 2.16. The van der Waals surface area contributed by atoms with E-state index in [9.17, 15) is 0 Å². The summed E-state index contributed by atoms with van der Waals surface area (Å²) in [5, 5.41) is 8.85. The summed E-state index contributed by atoms with van der Waals surface area (Å²) >= 11 is 0. The molecular formula is C14H16N2O3. The summed E-state index contributed by atoms with van der Waals surface area (Å²) in [5.41, 5.74) is 2.95. The third-order valence-electron chi connectivity index (χ3n) is 3.15. The number of fused-ring (bicyclic) bond motifs is 1. The SMILES string of the molecule is Cc1[nH]c(CCCO)nc1-c1ccc2c(c1)OCO2. The maximum absolute atomic E-state index is 8.85. The molecule has 0 bridgehead atoms. The van der Waals surface area contributed by atoms with E-state index < -0.39 is 0 Å². The van der Waals surface area contributed by atoms with Gasteiger partial charge < -0.3 is 19.6 Å². The van der Waals surface area contributed by atoms with Crippen LogP contribution in [0.25, 0.3) is 11.3 Å². The van der Waals surface area contributed by atoms with Gasteiger partial charge in [0.25, 0.3) is 0 Å². The minimum Gasteiger partial charge on any atom is -0.454 e. The van der Waals surface area contributed by atoms with Gasteiger partial charge >= 0.3 is 0 Å². The average Bonchev–Trinajstić information content (AvgIpc) is 3.01. The molecule has 1 aromatic carbocycles. The number of aromatic nitrogens is 2. The Morgan fingerprint density at radius 2 is 2.16 bits per heavy atom. The van der Waals surface area contributed by atoms with E-state index in [4.69, 9.17) is 14.6 Å². The Morgan fingerprint density at radius 1 is 1.32 bits per heavy atom. The van der Waals surface area contributed by atoms with E-state index in [1.54, 1.807) is 0 Å². The molecule has 5 heteroatoms. The first-order valence-corrected chi connectivity index (χ1v) is 6.34. The number of rotatable bonds is 4. The second kappa shape index (κ2) is 4.93. The molecule has 0 amide bonds. The minimum absolute atomic E-state index is 0.180. The largest absolute Gasteiger partial charge is 0.454 e. The van der Waals surface area contributed by atoms with Crippen LogP contribution >= 0.6 is 0 Å². The first-order valence-electron chi connectivity index (χ1n) is 6.34. The number of aromatic amines is 1. The second-order valence-electron chi connectivity index (χ2n) is 4.55. The number of imidazole rings is 1. The fourth-order valence-electron chi connectivity index (χ4n) is 2.21. The van der Waals surface area contributed by atoms with Crippen LogP contribution in [0.15, 0.2) is 18.2 Å². The fourth-order valence-corrected chi connectivity index (χ4v) is 2.21. The molecule has 0 spiro atoms. The molecule has 1 aromatic heterocycles. The van der Waals surface area contributed by atoms with Gasteiger partial charge in [0.2, 0.25) is 6.79 Å². The lowest BCUT2D eigenvalue weighted by Crippen LogP contribution is -1.92. The lowest BCUT2D eigenvalue weighted by molar-refractivity contribution is 0.174. The molecule has 1 aliphatic heterocycles. The van der Waals surface area contributed by atoms with Gasteiger partial charge in [-0.15, -0.1) is 0 Å². The molecule has 1 aliphatic rings. The zero-order valence-corrected chi connectivity index (χ0v) is 10.8. The van der Waals surface area contributed by atoms with E-state index in [1.165, 1.54) is 0 Å². The Labute approximate surface area is 111 Å². The van der Waals surface area contributed by atoms with Crippen LogP contribution in [0.4, 0.5) is 0 Å². The number of aryl methyl sites for hydroxylation is 2. The maximum Gasteiger partial charge on any atom is 0.231 e. The van der Waals surface area contributed by atoms with Gasteiger partial charge in [0.15, 0.2) is 11.5 Å². The molecule has 19 heavy (non-hydrogen) atoms. The Bertz CT molecular complexity index is 592. The average molecular weight is 260 g/mol. The highest BCUT2D eigenvalue weighted by atomic mass is 16.7. The molecule has 0 fully saturated rings. The summed E-state index contributed by atoms with van der Waals surface area (Å²) in [5.74, 6) is 2.44. The van der Waals surface area contributed by atoms with E-state index in [0.717, 1.165) is 40.7 Å². The third-order valence-corrected chi connectivity index (χ3v) is 3.15. The van der Waals surface area contributed by atoms with Crippen LogP contribution in [-0.2, 0) is 6.42 Å². The minimum atomic E-state index is 0.180. The molecular weight excluding hydrogens is 244 g/mol. The summed E-state index contributed by atoms with van der Waals surface area (Å²) in [6.07, 6.45) is 1.47. The van der Waals surface area contributed by atoms with E-state index in [1.807, 2.05) is 25.1 Å². The van der Waals surface area contributed by atoms with E-state index in [0.29, 0.717) is 6.42 Å². The number of ether oxygens (including phenoxy) is 2. The topological polar surface area (TPSA) is 67.4 Å². The highest BCUT2D eigenvalue weighted by molar-refractivity contribution is 5.66. The summed E-state index contributed by atoms with van der Waals surface area (Å²) in [4.78, 5) is 7.83. The van der Waals surface area contributed by atoms with Crippen molar-refractivity contribution in [2.75, 3.05) is 13.4 Å². The monoisotopic (exact) mass is 260 g/mol. The molecule has 0 atom stereocenters. The van der Waals surface area contributed by atoms with E-state index in [2.05, 4.69) is 9.97 Å². The zero-order chi connectivity index (χ0) is 13.2. The zero-order valence-electron chi connectivity index (χ0n) is 10.8. The van der Waals surface area contributed by atoms with Crippen molar-refractivity contribution in [3.63, 3.8) is 0 Å². The summed E-state index contributed by atoms with van der Waals surface area (Å²) in [7, 11) is 0. The van der Waals surface area contributed by atoms with E-state index >= 15 is 0 Å². The number of H-pyrrole nitrogens is 1. The van der Waals surface area contributed by atoms with Gasteiger partial charge in [-0.25, -0.2) is 4.98 Å². The molecule has 0 aliphatic carbocycles. The molecule has 0 radical (unpaired) electrons. The van der Waals surface area contributed by atoms with Crippen LogP contribution in [0.1, 0.15) is 17.9 Å². The molecule has 2 aromatic rings. The van der Waals surface area contributed by atoms with Gasteiger partial charge in [-0.05, 0) is 31.5 Å². The second-order valence-corrected chi connectivity index (χ2v) is 4.55. The van der Waals surface area contributed by atoms with E-state index in [-0.39, 0.29) is 13.4 Å². The van der Waals surface area contributed by atoms with Crippen LogP contribution in [0.5, 0.6) is 11.5 Å². The Balaban J connectivity index is 1.91. The van der Waals surface area contributed by atoms with Gasteiger partial charge in [-0.2, -0.15) is 0 Å². The molecule has 3 rings (SSSR count). The lowest BCUT2D eigenvalue weighted by Gasteiger charge is -2.01. The number of aliphatic hydroxyl groups is 1. The fraction of sp³-hybridized carbons (Fsp3) is 0.357. The number of hydrogen-bond acceptors (Lipinski definition) is 4. The quantitative estimate of drug-likeness (QED) is 0.882. The van der Waals surface area contributed by atoms with Gasteiger partial charge in [0, 0.05) is 24.3 Å². The number of aliphatic hydroxyl groups excluding tert-OH is 1. The summed E-state index contributed by atoms with van der Waals surface area (Å²) in [6, 6.07) is 5.83. The van der Waals surface area contributed by atoms with Crippen molar-refractivity contribution in [1.29, 1.82) is 0 Å². The molecule has 5 nitrogen and oxygen atoms in total. The number of hydrogen-bond donors (Lipinski definition) is 2. The molecule has 0 saturated carbocycles. The van der Waals surface area contributed by atoms with Crippen LogP contribution in [0.3, 0.4) is 0 Å². The van der Waals surface area contributed by atoms with Crippen molar-refractivity contribution < 1.29 is 14.6 Å². The molecule has 0 unspecified atom stereocenters. The number of nitrogens with one attached hydrogen (secondary N) is 1. The standard InChI is InChI=1S/C14H16N2O3/c1-9-14(16-13(15-9)3-2-6-17)10-4-5-11-12(7-10)19-8-18-11/h4-5,7,17H,2-3,6,8H2,1H3,(H,15,16). The van der Waals surface area contributed by atoms with Crippen molar-refractivity contribution in [1.82, 2.24) is 9.97 Å². The summed E-state index contributed by atoms with van der Waals surface area (Å²) in [6.45, 7) is 2.45. The molecule has 0 saturated heterocycles. The van der Waals surface area contributed by atoms with Crippen LogP contribution in [-0.4, -0.2) is 28.5 Å². The molecule has 2 heterocycles. The number of nitrogens with zero attached hydrogens (tertiary/aromatic N) is 1. The highest BCUT2D eigenvalue weighted by Crippen LogP contribution is 2.36. The smallest absolute Gasteiger partial charge is 0.231 e. The Kier molecular flexibility index (Phi) is 3.13. The first-order chi connectivity index (χ1) is 9.28. The number of benzene rings is 1. The van der Waals surface area contributed by atoms with Gasteiger partial charge in [0.05, 0.1) is 5.69 Å². The van der Waals surface area contributed by atoms with Crippen molar-refractivity contribution in [2.24, 2.45) is 0 Å². The van der Waals surface area contributed by atoms with Crippen LogP contribution in [0.2, 0.25) is 0 Å². The lowest BCUT2D eigenvalue weighted by atomic mass is 10.1. The third kappa shape index (κ3) is 2.29. The first kappa shape index (κ1) is 12.0. The van der Waals surface area contributed by atoms with Crippen molar-refractivity contribution in [3.05, 3.63) is 29.7 Å². The summed E-state index contributed by atoms with van der Waals surface area (Å²) < 4.78 is 10.7. The van der Waals surface area contributed by atoms with Crippen LogP contribution < -0.4 is 9.47 Å². The van der Waals surface area contributed by atoms with Crippen molar-refractivity contribution in [3.8, 4) is 22.8 Å². The van der Waals surface area contributed by atoms with Gasteiger partial charge in [0.1, 0.15) is 5.82 Å². The van der Waals surface area contributed by atoms with Crippen molar-refractivity contribution >= 4 is 0 Å². The Hall–Kier alpha value is -2.01. The predicted octanol–water partition coefficient (Wildman–Crippen LogP) is 2.04. The van der Waals surface area contributed by atoms with Gasteiger partial charge in [-0.1, -0.05) is 0 Å². The Morgan fingerprint density at radius 3 is 3.00 bits per heavy atom. The molecule has 100 valence electrons. The van der Waals surface area contributed by atoms with Crippen molar-refractivity contribution in [2.45, 2.75) is 19.8 Å². The predicted molar refractivity (Wildman–Crippen MR) is 70.3 cm³/mol. The normalized spacial score (nSPS) is 12.9. The molecule has 2 N–H and O–H groups in total. The van der Waals surface area contributed by atoms with Crippen LogP contribution in [0, 0.1) is 6.92 Å². The van der Waals surface area contributed by atoms with Gasteiger partial charge in [-0.3, -0.25) is 0 Å². The maximum atomic E-state index is 8.85.